The Balaban J connectivity index is 2.20. The Labute approximate surface area is 153 Å². The Bertz CT molecular complexity index is 783. The van der Waals surface area contributed by atoms with Crippen LogP contribution in [0.3, 0.4) is 0 Å². The number of aromatic carboxylic acids is 1. The quantitative estimate of drug-likeness (QED) is 0.784. The standard InChI is InChI=1S/C16H19BrN4O4/c1-16(2,3)25-15(24)18-8-12-13(14(22)23)19-20-21(12)9-10-6-4-5-7-11(10)17/h4-7H,8-9H2,1-3H3,(H,18,24)(H,22,23). The van der Waals surface area contributed by atoms with E-state index < -0.39 is 17.7 Å². The Kier molecular flexibility index (Phi) is 5.78. The maximum absolute atomic E-state index is 11.8. The molecule has 0 spiro atoms. The van der Waals surface area contributed by atoms with Crippen molar-refractivity contribution >= 4 is 28.0 Å². The van der Waals surface area contributed by atoms with Crippen LogP contribution in [0.15, 0.2) is 28.7 Å². The Hall–Kier alpha value is -2.42. The van der Waals surface area contributed by atoms with Gasteiger partial charge in [0.05, 0.1) is 18.8 Å². The molecule has 1 aromatic heterocycles. The number of halogens is 1. The van der Waals surface area contributed by atoms with E-state index >= 15 is 0 Å². The largest absolute Gasteiger partial charge is 0.476 e. The summed E-state index contributed by atoms with van der Waals surface area (Å²) < 4.78 is 7.47. The summed E-state index contributed by atoms with van der Waals surface area (Å²) in [5, 5.41) is 19.4. The highest BCUT2D eigenvalue weighted by Crippen LogP contribution is 2.18. The lowest BCUT2D eigenvalue weighted by Crippen LogP contribution is -2.33. The van der Waals surface area contributed by atoms with E-state index in [4.69, 9.17) is 4.74 Å². The minimum Gasteiger partial charge on any atom is -0.476 e. The molecular weight excluding hydrogens is 392 g/mol. The molecule has 0 aliphatic heterocycles. The summed E-state index contributed by atoms with van der Waals surface area (Å²) in [5.41, 5.74) is 0.340. The van der Waals surface area contributed by atoms with E-state index in [0.29, 0.717) is 6.54 Å². The van der Waals surface area contributed by atoms with Crippen LogP contribution in [0, 0.1) is 0 Å². The van der Waals surface area contributed by atoms with Gasteiger partial charge in [0, 0.05) is 4.47 Å². The molecule has 1 aromatic carbocycles. The third kappa shape index (κ3) is 5.28. The van der Waals surface area contributed by atoms with Gasteiger partial charge in [0.25, 0.3) is 0 Å². The molecule has 25 heavy (non-hydrogen) atoms. The molecule has 0 radical (unpaired) electrons. The van der Waals surface area contributed by atoms with Crippen LogP contribution >= 0.6 is 15.9 Å². The van der Waals surface area contributed by atoms with Crippen molar-refractivity contribution in [2.75, 3.05) is 0 Å². The number of benzene rings is 1. The van der Waals surface area contributed by atoms with Crippen molar-refractivity contribution in [2.45, 2.75) is 39.5 Å². The van der Waals surface area contributed by atoms with Crippen LogP contribution in [0.5, 0.6) is 0 Å². The van der Waals surface area contributed by atoms with Crippen molar-refractivity contribution < 1.29 is 19.4 Å². The minimum atomic E-state index is -1.21. The van der Waals surface area contributed by atoms with Crippen LogP contribution in [0.2, 0.25) is 0 Å². The number of aromatic nitrogens is 3. The molecule has 2 N–H and O–H groups in total. The number of hydrogen-bond acceptors (Lipinski definition) is 5. The van der Waals surface area contributed by atoms with Crippen molar-refractivity contribution in [3.8, 4) is 0 Å². The fourth-order valence-corrected chi connectivity index (χ4v) is 2.47. The van der Waals surface area contributed by atoms with Crippen molar-refractivity contribution in [3.63, 3.8) is 0 Å². The van der Waals surface area contributed by atoms with E-state index in [9.17, 15) is 14.7 Å². The van der Waals surface area contributed by atoms with Crippen LogP contribution < -0.4 is 5.32 Å². The van der Waals surface area contributed by atoms with Crippen molar-refractivity contribution in [2.24, 2.45) is 0 Å². The maximum Gasteiger partial charge on any atom is 0.407 e. The maximum atomic E-state index is 11.8. The number of carboxylic acid groups (broad SMARTS) is 1. The van der Waals surface area contributed by atoms with Gasteiger partial charge in [0.15, 0.2) is 5.69 Å². The van der Waals surface area contributed by atoms with Gasteiger partial charge in [-0.15, -0.1) is 5.10 Å². The Morgan fingerprint density at radius 3 is 2.60 bits per heavy atom. The van der Waals surface area contributed by atoms with Gasteiger partial charge in [0.1, 0.15) is 5.60 Å². The van der Waals surface area contributed by atoms with Crippen molar-refractivity contribution in [1.82, 2.24) is 20.3 Å². The van der Waals surface area contributed by atoms with Crippen LogP contribution in [-0.4, -0.2) is 37.8 Å². The van der Waals surface area contributed by atoms with E-state index in [2.05, 4.69) is 31.6 Å². The van der Waals surface area contributed by atoms with Gasteiger partial charge in [-0.25, -0.2) is 14.3 Å². The number of alkyl carbamates (subject to hydrolysis) is 1. The Morgan fingerprint density at radius 2 is 2.00 bits per heavy atom. The molecule has 8 nitrogen and oxygen atoms in total. The highest BCUT2D eigenvalue weighted by molar-refractivity contribution is 9.10. The molecule has 0 saturated carbocycles. The highest BCUT2D eigenvalue weighted by atomic mass is 79.9. The van der Waals surface area contributed by atoms with E-state index in [1.54, 1.807) is 20.8 Å². The predicted molar refractivity (Wildman–Crippen MR) is 93.3 cm³/mol. The SMILES string of the molecule is CC(C)(C)OC(=O)NCc1c(C(=O)O)nnn1Cc1ccccc1Br. The number of carbonyl (C=O) groups excluding carboxylic acids is 1. The first kappa shape index (κ1) is 18.9. The predicted octanol–water partition coefficient (Wildman–Crippen LogP) is 2.81. The topological polar surface area (TPSA) is 106 Å². The summed E-state index contributed by atoms with van der Waals surface area (Å²) in [5.74, 6) is -1.21. The van der Waals surface area contributed by atoms with Crippen LogP contribution in [0.1, 0.15) is 42.5 Å². The molecule has 0 fully saturated rings. The first-order chi connectivity index (χ1) is 11.7. The molecule has 0 bridgehead atoms. The molecular formula is C16H19BrN4O4. The van der Waals surface area contributed by atoms with Gasteiger partial charge in [-0.2, -0.15) is 0 Å². The van der Waals surface area contributed by atoms with Crippen LogP contribution in [0.4, 0.5) is 4.79 Å². The Morgan fingerprint density at radius 1 is 1.32 bits per heavy atom. The first-order valence-electron chi connectivity index (χ1n) is 7.53. The number of nitrogens with one attached hydrogen (secondary N) is 1. The summed E-state index contributed by atoms with van der Waals surface area (Å²) in [4.78, 5) is 23.2. The van der Waals surface area contributed by atoms with Crippen molar-refractivity contribution in [3.05, 3.63) is 45.7 Å². The average Bonchev–Trinajstić information content (AvgIpc) is 2.89. The number of carboxylic acids is 1. The molecule has 0 atom stereocenters. The van der Waals surface area contributed by atoms with E-state index in [1.807, 2.05) is 24.3 Å². The molecule has 0 unspecified atom stereocenters. The minimum absolute atomic E-state index is 0.0615. The molecule has 2 rings (SSSR count). The van der Waals surface area contributed by atoms with Gasteiger partial charge in [-0.3, -0.25) is 0 Å². The second-order valence-corrected chi connectivity index (χ2v) is 7.15. The molecule has 9 heteroatoms. The lowest BCUT2D eigenvalue weighted by atomic mass is 10.2. The molecule has 0 aliphatic rings. The normalized spacial score (nSPS) is 11.2. The summed E-state index contributed by atoms with van der Waals surface area (Å²) in [6, 6.07) is 7.51. The summed E-state index contributed by atoms with van der Waals surface area (Å²) >= 11 is 3.44. The number of amides is 1. The zero-order valence-corrected chi connectivity index (χ0v) is 15.7. The molecule has 134 valence electrons. The van der Waals surface area contributed by atoms with E-state index in [1.165, 1.54) is 4.68 Å². The van der Waals surface area contributed by atoms with Crippen LogP contribution in [0.25, 0.3) is 0 Å². The summed E-state index contributed by atoms with van der Waals surface area (Å²) in [6.07, 6.45) is -0.641. The fourth-order valence-electron chi connectivity index (χ4n) is 2.06. The number of rotatable bonds is 5. The monoisotopic (exact) mass is 410 g/mol. The molecule has 0 saturated heterocycles. The number of nitrogens with zero attached hydrogens (tertiary/aromatic N) is 3. The number of hydrogen-bond donors (Lipinski definition) is 2. The van der Waals surface area contributed by atoms with E-state index in [-0.39, 0.29) is 17.9 Å². The van der Waals surface area contributed by atoms with Gasteiger partial charge < -0.3 is 15.2 Å². The molecule has 0 aliphatic carbocycles. The zero-order valence-electron chi connectivity index (χ0n) is 14.1. The van der Waals surface area contributed by atoms with Crippen molar-refractivity contribution in [1.29, 1.82) is 0 Å². The highest BCUT2D eigenvalue weighted by Gasteiger charge is 2.22. The lowest BCUT2D eigenvalue weighted by molar-refractivity contribution is 0.0519. The molecule has 1 heterocycles. The zero-order chi connectivity index (χ0) is 18.6. The van der Waals surface area contributed by atoms with Gasteiger partial charge in [-0.1, -0.05) is 39.3 Å². The van der Waals surface area contributed by atoms with Gasteiger partial charge in [0.2, 0.25) is 0 Å². The van der Waals surface area contributed by atoms with Crippen LogP contribution in [-0.2, 0) is 17.8 Å². The van der Waals surface area contributed by atoms with Gasteiger partial charge in [-0.05, 0) is 32.4 Å². The smallest absolute Gasteiger partial charge is 0.407 e. The number of carbonyl (C=O) groups is 2. The third-order valence-electron chi connectivity index (χ3n) is 3.12. The summed E-state index contributed by atoms with van der Waals surface area (Å²) in [6.45, 7) is 5.48. The van der Waals surface area contributed by atoms with Gasteiger partial charge >= 0.3 is 12.1 Å². The van der Waals surface area contributed by atoms with E-state index in [0.717, 1.165) is 10.0 Å². The average molecular weight is 411 g/mol. The molecule has 1 amide bonds. The third-order valence-corrected chi connectivity index (χ3v) is 3.89. The fraction of sp³-hybridized carbons (Fsp3) is 0.375. The second kappa shape index (κ2) is 7.64. The first-order valence-corrected chi connectivity index (χ1v) is 8.32. The lowest BCUT2D eigenvalue weighted by Gasteiger charge is -2.19. The number of ether oxygens (including phenoxy) is 1. The summed E-state index contributed by atoms with van der Waals surface area (Å²) in [7, 11) is 0. The second-order valence-electron chi connectivity index (χ2n) is 6.29. The molecule has 2 aromatic rings.